The van der Waals surface area contributed by atoms with Crippen molar-refractivity contribution in [3.8, 4) is 0 Å². The molecule has 1 fully saturated rings. The van der Waals surface area contributed by atoms with E-state index in [0.29, 0.717) is 0 Å². The third-order valence-corrected chi connectivity index (χ3v) is 3.94. The second kappa shape index (κ2) is 8.72. The Morgan fingerprint density at radius 1 is 1.48 bits per heavy atom. The van der Waals surface area contributed by atoms with E-state index in [1.54, 1.807) is 6.26 Å². The first-order chi connectivity index (χ1) is 10.3. The van der Waals surface area contributed by atoms with E-state index in [0.717, 1.165) is 37.1 Å². The third-order valence-electron chi connectivity index (χ3n) is 3.94. The molecule has 2 rings (SSSR count). The standard InChI is InChI=1S/C16H28N4O/c1-3-9-20-10-7-14(13-20)12-19-16(17-2)18-8-6-15-5-4-11-21-15/h4-5,11,14H,3,6-10,12-13H2,1-2H3,(H2,17,18,19). The number of hydrogen-bond donors (Lipinski definition) is 2. The highest BCUT2D eigenvalue weighted by molar-refractivity contribution is 5.79. The van der Waals surface area contributed by atoms with Crippen molar-refractivity contribution in [2.24, 2.45) is 10.9 Å². The molecule has 0 aromatic carbocycles. The number of aliphatic imine (C=N–C) groups is 1. The van der Waals surface area contributed by atoms with Crippen LogP contribution in [0.15, 0.2) is 27.8 Å². The van der Waals surface area contributed by atoms with Crippen LogP contribution in [0, 0.1) is 5.92 Å². The lowest BCUT2D eigenvalue weighted by atomic mass is 10.1. The number of rotatable bonds is 7. The van der Waals surface area contributed by atoms with Gasteiger partial charge < -0.3 is 20.0 Å². The van der Waals surface area contributed by atoms with Crippen molar-refractivity contribution >= 4 is 5.96 Å². The lowest BCUT2D eigenvalue weighted by Crippen LogP contribution is -2.41. The van der Waals surface area contributed by atoms with E-state index in [4.69, 9.17) is 4.42 Å². The van der Waals surface area contributed by atoms with Crippen LogP contribution in [0.5, 0.6) is 0 Å². The number of guanidine groups is 1. The van der Waals surface area contributed by atoms with Crippen molar-refractivity contribution < 1.29 is 4.42 Å². The minimum atomic E-state index is 0.736. The first-order valence-electron chi connectivity index (χ1n) is 8.01. The van der Waals surface area contributed by atoms with Crippen LogP contribution in [0.2, 0.25) is 0 Å². The summed E-state index contributed by atoms with van der Waals surface area (Å²) in [5.41, 5.74) is 0. The number of likely N-dealkylation sites (tertiary alicyclic amines) is 1. The minimum absolute atomic E-state index is 0.736. The molecule has 21 heavy (non-hydrogen) atoms. The van der Waals surface area contributed by atoms with Crippen molar-refractivity contribution in [2.45, 2.75) is 26.2 Å². The van der Waals surface area contributed by atoms with Gasteiger partial charge in [0.15, 0.2) is 5.96 Å². The highest BCUT2D eigenvalue weighted by Crippen LogP contribution is 2.15. The predicted octanol–water partition coefficient (Wildman–Crippen LogP) is 1.72. The van der Waals surface area contributed by atoms with Gasteiger partial charge in [0.25, 0.3) is 0 Å². The second-order valence-electron chi connectivity index (χ2n) is 5.66. The Bertz CT molecular complexity index is 416. The maximum Gasteiger partial charge on any atom is 0.191 e. The summed E-state index contributed by atoms with van der Waals surface area (Å²) in [5, 5.41) is 6.77. The van der Waals surface area contributed by atoms with Crippen LogP contribution in [0.3, 0.4) is 0 Å². The fourth-order valence-electron chi connectivity index (χ4n) is 2.82. The number of furan rings is 1. The second-order valence-corrected chi connectivity index (χ2v) is 5.66. The lowest BCUT2D eigenvalue weighted by molar-refractivity contribution is 0.324. The van der Waals surface area contributed by atoms with Gasteiger partial charge in [-0.25, -0.2) is 0 Å². The smallest absolute Gasteiger partial charge is 0.191 e. The zero-order valence-corrected chi connectivity index (χ0v) is 13.3. The maximum absolute atomic E-state index is 5.32. The molecule has 5 nitrogen and oxygen atoms in total. The third kappa shape index (κ3) is 5.42. The van der Waals surface area contributed by atoms with E-state index < -0.39 is 0 Å². The molecule has 1 unspecified atom stereocenters. The average Bonchev–Trinajstić information content (AvgIpc) is 3.15. The van der Waals surface area contributed by atoms with Crippen LogP contribution in [0.1, 0.15) is 25.5 Å². The molecule has 0 amide bonds. The molecule has 2 heterocycles. The van der Waals surface area contributed by atoms with Gasteiger partial charge in [-0.1, -0.05) is 6.92 Å². The Morgan fingerprint density at radius 3 is 3.10 bits per heavy atom. The summed E-state index contributed by atoms with van der Waals surface area (Å²) in [6.07, 6.45) is 5.12. The zero-order valence-electron chi connectivity index (χ0n) is 13.3. The SMILES string of the molecule is CCCN1CCC(CNC(=NC)NCCc2ccco2)C1. The monoisotopic (exact) mass is 292 g/mol. The summed E-state index contributed by atoms with van der Waals surface area (Å²) in [6, 6.07) is 3.92. The van der Waals surface area contributed by atoms with Crippen molar-refractivity contribution in [1.29, 1.82) is 0 Å². The van der Waals surface area contributed by atoms with Crippen molar-refractivity contribution in [3.63, 3.8) is 0 Å². The highest BCUT2D eigenvalue weighted by Gasteiger charge is 2.21. The topological polar surface area (TPSA) is 52.8 Å². The largest absolute Gasteiger partial charge is 0.469 e. The van der Waals surface area contributed by atoms with E-state index >= 15 is 0 Å². The van der Waals surface area contributed by atoms with E-state index in [-0.39, 0.29) is 0 Å². The van der Waals surface area contributed by atoms with E-state index in [1.807, 2.05) is 19.2 Å². The van der Waals surface area contributed by atoms with Gasteiger partial charge in [-0.2, -0.15) is 0 Å². The highest BCUT2D eigenvalue weighted by atomic mass is 16.3. The van der Waals surface area contributed by atoms with Gasteiger partial charge in [0.1, 0.15) is 5.76 Å². The maximum atomic E-state index is 5.32. The first-order valence-corrected chi connectivity index (χ1v) is 8.01. The predicted molar refractivity (Wildman–Crippen MR) is 86.6 cm³/mol. The fraction of sp³-hybridized carbons (Fsp3) is 0.688. The molecule has 0 saturated carbocycles. The summed E-state index contributed by atoms with van der Waals surface area (Å²) in [5.74, 6) is 2.62. The molecule has 0 aliphatic carbocycles. The van der Waals surface area contributed by atoms with Gasteiger partial charge in [-0.05, 0) is 44.0 Å². The molecule has 0 spiro atoms. The van der Waals surface area contributed by atoms with Gasteiger partial charge in [0.2, 0.25) is 0 Å². The van der Waals surface area contributed by atoms with E-state index in [1.165, 1.54) is 32.5 Å². The van der Waals surface area contributed by atoms with Crippen LogP contribution >= 0.6 is 0 Å². The minimum Gasteiger partial charge on any atom is -0.469 e. The summed E-state index contributed by atoms with van der Waals surface area (Å²) >= 11 is 0. The molecule has 1 saturated heterocycles. The molecule has 2 N–H and O–H groups in total. The molecule has 1 aliphatic rings. The van der Waals surface area contributed by atoms with Gasteiger partial charge >= 0.3 is 0 Å². The molecule has 1 atom stereocenters. The molecule has 0 bridgehead atoms. The molecule has 1 aliphatic heterocycles. The summed E-state index contributed by atoms with van der Waals surface area (Å²) in [4.78, 5) is 6.83. The first kappa shape index (κ1) is 15.9. The van der Waals surface area contributed by atoms with Gasteiger partial charge in [-0.3, -0.25) is 4.99 Å². The van der Waals surface area contributed by atoms with E-state index in [9.17, 15) is 0 Å². The lowest BCUT2D eigenvalue weighted by Gasteiger charge is -2.16. The normalized spacial score (nSPS) is 19.9. The Hall–Kier alpha value is -1.49. The van der Waals surface area contributed by atoms with Gasteiger partial charge in [0.05, 0.1) is 6.26 Å². The number of hydrogen-bond acceptors (Lipinski definition) is 3. The molecule has 5 heteroatoms. The molecule has 1 aromatic rings. The molecular formula is C16H28N4O. The zero-order chi connectivity index (χ0) is 14.9. The molecule has 1 aromatic heterocycles. The molecular weight excluding hydrogens is 264 g/mol. The Labute approximate surface area is 127 Å². The quantitative estimate of drug-likeness (QED) is 0.593. The summed E-state index contributed by atoms with van der Waals surface area (Å²) in [6.45, 7) is 7.76. The Balaban J connectivity index is 1.62. The van der Waals surface area contributed by atoms with Gasteiger partial charge in [0, 0.05) is 33.1 Å². The van der Waals surface area contributed by atoms with Crippen molar-refractivity contribution in [1.82, 2.24) is 15.5 Å². The summed E-state index contributed by atoms with van der Waals surface area (Å²) < 4.78 is 5.32. The van der Waals surface area contributed by atoms with Crippen LogP contribution in [0.4, 0.5) is 0 Å². The summed E-state index contributed by atoms with van der Waals surface area (Å²) in [7, 11) is 1.82. The van der Waals surface area contributed by atoms with Crippen LogP contribution in [0.25, 0.3) is 0 Å². The van der Waals surface area contributed by atoms with Crippen molar-refractivity contribution in [3.05, 3.63) is 24.2 Å². The van der Waals surface area contributed by atoms with E-state index in [2.05, 4.69) is 27.4 Å². The van der Waals surface area contributed by atoms with Crippen molar-refractivity contribution in [2.75, 3.05) is 39.8 Å². The van der Waals surface area contributed by atoms with Crippen LogP contribution in [-0.2, 0) is 6.42 Å². The van der Waals surface area contributed by atoms with Crippen LogP contribution in [-0.4, -0.2) is 50.6 Å². The Morgan fingerprint density at radius 2 is 2.38 bits per heavy atom. The van der Waals surface area contributed by atoms with Gasteiger partial charge in [-0.15, -0.1) is 0 Å². The number of nitrogens with one attached hydrogen (secondary N) is 2. The Kier molecular flexibility index (Phi) is 6.60. The number of nitrogens with zero attached hydrogens (tertiary/aromatic N) is 2. The molecule has 118 valence electrons. The average molecular weight is 292 g/mol. The van der Waals surface area contributed by atoms with Crippen LogP contribution < -0.4 is 10.6 Å². The fourth-order valence-corrected chi connectivity index (χ4v) is 2.82. The molecule has 0 radical (unpaired) electrons.